The molecule has 1 atom stereocenters. The quantitative estimate of drug-likeness (QED) is 0.667. The average molecular weight is 413 g/mol. The van der Waals surface area contributed by atoms with E-state index in [1.807, 2.05) is 13.8 Å². The first-order valence-electron chi connectivity index (χ1n) is 10.0. The van der Waals surface area contributed by atoms with Crippen LogP contribution in [0.5, 0.6) is 0 Å². The number of amides is 1. The third-order valence-electron chi connectivity index (χ3n) is 5.17. The Morgan fingerprint density at radius 3 is 2.47 bits per heavy atom. The number of rotatable bonds is 8. The van der Waals surface area contributed by atoms with Gasteiger partial charge in [0.1, 0.15) is 0 Å². The highest BCUT2D eigenvalue weighted by molar-refractivity contribution is 5.92. The summed E-state index contributed by atoms with van der Waals surface area (Å²) in [7, 11) is 1.37. The maximum Gasteiger partial charge on any atom is 0.338 e. The molecule has 1 heterocycles. The van der Waals surface area contributed by atoms with Crippen molar-refractivity contribution in [3.05, 3.63) is 46.8 Å². The van der Waals surface area contributed by atoms with E-state index in [0.717, 1.165) is 35.5 Å². The molecule has 1 aromatic carbocycles. The van der Waals surface area contributed by atoms with Crippen molar-refractivity contribution in [2.24, 2.45) is 0 Å². The summed E-state index contributed by atoms with van der Waals surface area (Å²) in [4.78, 5) is 35.7. The summed E-state index contributed by atoms with van der Waals surface area (Å²) in [5.74, 6) is -1.08. The van der Waals surface area contributed by atoms with Crippen molar-refractivity contribution in [2.75, 3.05) is 7.11 Å². The number of hydrogen-bond acceptors (Lipinski definition) is 6. The zero-order valence-electron chi connectivity index (χ0n) is 17.7. The Labute approximate surface area is 175 Å². The first-order chi connectivity index (χ1) is 14.3. The molecule has 0 aliphatic heterocycles. The van der Waals surface area contributed by atoms with Gasteiger partial charge < -0.3 is 14.8 Å². The van der Waals surface area contributed by atoms with Gasteiger partial charge in [-0.3, -0.25) is 9.59 Å². The molecule has 2 aromatic rings. The number of aryl methyl sites for hydroxylation is 1. The van der Waals surface area contributed by atoms with Crippen molar-refractivity contribution >= 4 is 17.8 Å². The highest BCUT2D eigenvalue weighted by Crippen LogP contribution is 2.21. The van der Waals surface area contributed by atoms with Crippen LogP contribution >= 0.6 is 0 Å². The van der Waals surface area contributed by atoms with Gasteiger partial charge in [-0.2, -0.15) is 5.10 Å². The van der Waals surface area contributed by atoms with E-state index in [2.05, 4.69) is 10.4 Å². The van der Waals surface area contributed by atoms with Gasteiger partial charge in [-0.15, -0.1) is 0 Å². The molecule has 160 valence electrons. The predicted octanol–water partition coefficient (Wildman–Crippen LogP) is 2.42. The van der Waals surface area contributed by atoms with Crippen molar-refractivity contribution in [3.63, 3.8) is 0 Å². The van der Waals surface area contributed by atoms with Crippen molar-refractivity contribution in [2.45, 2.75) is 58.6 Å². The second kappa shape index (κ2) is 9.11. The molecule has 0 spiro atoms. The summed E-state index contributed by atoms with van der Waals surface area (Å²) >= 11 is 0. The summed E-state index contributed by atoms with van der Waals surface area (Å²) in [6, 6.07) is 7.06. The lowest BCUT2D eigenvalue weighted by molar-refractivity contribution is -0.140. The minimum absolute atomic E-state index is 0.219. The molecule has 0 unspecified atom stereocenters. The van der Waals surface area contributed by atoms with Crippen molar-refractivity contribution in [3.8, 4) is 5.69 Å². The summed E-state index contributed by atoms with van der Waals surface area (Å²) in [5, 5.41) is 7.38. The maximum atomic E-state index is 12.3. The number of ether oxygens (including phenoxy) is 2. The van der Waals surface area contributed by atoms with Crippen LogP contribution in [0.3, 0.4) is 0 Å². The van der Waals surface area contributed by atoms with Gasteiger partial charge in [0, 0.05) is 18.2 Å². The van der Waals surface area contributed by atoms with Gasteiger partial charge in [0.25, 0.3) is 5.91 Å². The van der Waals surface area contributed by atoms with Crippen LogP contribution in [0.15, 0.2) is 24.3 Å². The van der Waals surface area contributed by atoms with Gasteiger partial charge in [0.15, 0.2) is 6.10 Å². The van der Waals surface area contributed by atoms with Gasteiger partial charge >= 0.3 is 11.9 Å². The fraction of sp³-hybridized carbons (Fsp3) is 0.455. The molecule has 8 heteroatoms. The lowest BCUT2D eigenvalue weighted by Crippen LogP contribution is -2.37. The van der Waals surface area contributed by atoms with E-state index in [0.29, 0.717) is 18.4 Å². The molecule has 3 rings (SSSR count). The third-order valence-corrected chi connectivity index (χ3v) is 5.17. The fourth-order valence-corrected chi connectivity index (χ4v) is 3.18. The lowest BCUT2D eigenvalue weighted by Gasteiger charge is -2.13. The zero-order chi connectivity index (χ0) is 21.8. The summed E-state index contributed by atoms with van der Waals surface area (Å²) in [6.45, 7) is 5.40. The summed E-state index contributed by atoms with van der Waals surface area (Å²) in [5.41, 5.74) is 3.92. The number of esters is 2. The lowest BCUT2D eigenvalue weighted by atomic mass is 10.1. The Hall–Kier alpha value is -3.16. The van der Waals surface area contributed by atoms with Crippen molar-refractivity contribution in [1.82, 2.24) is 15.1 Å². The largest absolute Gasteiger partial charge is 0.469 e. The van der Waals surface area contributed by atoms with Crippen LogP contribution in [0.1, 0.15) is 53.5 Å². The van der Waals surface area contributed by atoms with Crippen LogP contribution in [0, 0.1) is 13.8 Å². The smallest absolute Gasteiger partial charge is 0.338 e. The highest BCUT2D eigenvalue weighted by atomic mass is 16.5. The van der Waals surface area contributed by atoms with E-state index >= 15 is 0 Å². The van der Waals surface area contributed by atoms with E-state index in [9.17, 15) is 14.4 Å². The maximum absolute atomic E-state index is 12.3. The predicted molar refractivity (Wildman–Crippen MR) is 109 cm³/mol. The monoisotopic (exact) mass is 413 g/mol. The topological polar surface area (TPSA) is 99.5 Å². The van der Waals surface area contributed by atoms with E-state index in [-0.39, 0.29) is 17.9 Å². The first kappa shape index (κ1) is 21.5. The van der Waals surface area contributed by atoms with Crippen LogP contribution in [-0.2, 0) is 25.5 Å². The van der Waals surface area contributed by atoms with Crippen molar-refractivity contribution < 1.29 is 23.9 Å². The number of carbonyl (C=O) groups excluding carboxylic acids is 3. The Morgan fingerprint density at radius 1 is 1.20 bits per heavy atom. The first-order valence-corrected chi connectivity index (χ1v) is 10.0. The number of methoxy groups -OCH3 is 1. The molecule has 1 amide bonds. The molecule has 0 saturated heterocycles. The number of hydrogen-bond donors (Lipinski definition) is 1. The van der Waals surface area contributed by atoms with E-state index in [1.165, 1.54) is 7.11 Å². The highest BCUT2D eigenvalue weighted by Gasteiger charge is 2.27. The summed E-state index contributed by atoms with van der Waals surface area (Å²) < 4.78 is 11.8. The average Bonchev–Trinajstić information content (AvgIpc) is 3.50. The number of benzene rings is 1. The fourth-order valence-electron chi connectivity index (χ4n) is 3.18. The van der Waals surface area contributed by atoms with Crippen LogP contribution in [0.25, 0.3) is 5.69 Å². The number of aromatic nitrogens is 2. The van der Waals surface area contributed by atoms with E-state index < -0.39 is 12.1 Å². The Bertz CT molecular complexity index is 944. The Balaban J connectivity index is 1.67. The molecule has 0 radical (unpaired) electrons. The molecule has 8 nitrogen and oxygen atoms in total. The number of nitrogens with zero attached hydrogens (tertiary/aromatic N) is 2. The summed E-state index contributed by atoms with van der Waals surface area (Å²) in [6.07, 6.45) is 1.96. The Kier molecular flexibility index (Phi) is 6.54. The molecule has 1 N–H and O–H groups in total. The third kappa shape index (κ3) is 5.06. The number of nitrogens with one attached hydrogen (secondary N) is 1. The molecule has 1 saturated carbocycles. The molecule has 0 bridgehead atoms. The normalized spacial score (nSPS) is 14.1. The molecular formula is C22H27N3O5. The second-order valence-electron chi connectivity index (χ2n) is 7.51. The molecular weight excluding hydrogens is 386 g/mol. The van der Waals surface area contributed by atoms with E-state index in [1.54, 1.807) is 35.9 Å². The van der Waals surface area contributed by atoms with Gasteiger partial charge in [-0.05, 0) is 69.9 Å². The van der Waals surface area contributed by atoms with Gasteiger partial charge in [-0.25, -0.2) is 9.48 Å². The van der Waals surface area contributed by atoms with Crippen LogP contribution < -0.4 is 5.32 Å². The van der Waals surface area contributed by atoms with Gasteiger partial charge in [0.05, 0.1) is 24.1 Å². The Morgan fingerprint density at radius 2 is 1.87 bits per heavy atom. The minimum atomic E-state index is -0.842. The molecule has 1 aliphatic carbocycles. The van der Waals surface area contributed by atoms with Crippen molar-refractivity contribution in [1.29, 1.82) is 0 Å². The van der Waals surface area contributed by atoms with Gasteiger partial charge in [-0.1, -0.05) is 0 Å². The standard InChI is InChI=1S/C22H27N3O5/c1-13-19(11-12-20(26)29-4)14(2)25(24-13)18-9-5-16(6-10-18)22(28)30-15(3)21(27)23-17-7-8-17/h5-6,9-10,15,17H,7-8,11-12H2,1-4H3,(H,23,27)/t15-/m1/s1. The van der Waals surface area contributed by atoms with Crippen LogP contribution in [0.2, 0.25) is 0 Å². The number of carbonyl (C=O) groups is 3. The molecule has 1 fully saturated rings. The molecule has 1 aliphatic rings. The SMILES string of the molecule is COC(=O)CCc1c(C)nn(-c2ccc(C(=O)O[C@H](C)C(=O)NC3CC3)cc2)c1C. The zero-order valence-corrected chi connectivity index (χ0v) is 17.7. The van der Waals surface area contributed by atoms with Gasteiger partial charge in [0.2, 0.25) is 0 Å². The molecule has 30 heavy (non-hydrogen) atoms. The molecule has 1 aromatic heterocycles. The van der Waals surface area contributed by atoms with Crippen LogP contribution in [0.4, 0.5) is 0 Å². The minimum Gasteiger partial charge on any atom is -0.469 e. The second-order valence-corrected chi connectivity index (χ2v) is 7.51. The van der Waals surface area contributed by atoms with E-state index in [4.69, 9.17) is 9.47 Å². The van der Waals surface area contributed by atoms with Crippen LogP contribution in [-0.4, -0.2) is 46.9 Å².